The van der Waals surface area contributed by atoms with Crippen molar-refractivity contribution in [3.05, 3.63) is 94.3 Å². The van der Waals surface area contributed by atoms with Crippen molar-refractivity contribution >= 4 is 17.7 Å². The highest BCUT2D eigenvalue weighted by molar-refractivity contribution is 5.91. The smallest absolute Gasteiger partial charge is 0.475 e. The number of hydrogen-bond acceptors (Lipinski definition) is 3. The van der Waals surface area contributed by atoms with Crippen molar-refractivity contribution in [1.29, 1.82) is 0 Å². The minimum Gasteiger partial charge on any atom is -0.475 e. The minimum absolute atomic E-state index is 0.00727. The molecular formula is C26H22F9N3O3. The molecule has 3 N–H and O–H groups in total. The first kappa shape index (κ1) is 32.9. The third-order valence-corrected chi connectivity index (χ3v) is 5.49. The topological polar surface area (TPSA) is 91.3 Å². The first-order chi connectivity index (χ1) is 18.9. The Labute approximate surface area is 227 Å². The summed E-state index contributed by atoms with van der Waals surface area (Å²) in [5.74, 6) is -2.76. The number of halogens is 9. The quantitative estimate of drug-likeness (QED) is 0.266. The fourth-order valence-corrected chi connectivity index (χ4v) is 3.54. The van der Waals surface area contributed by atoms with Gasteiger partial charge < -0.3 is 15.7 Å². The fourth-order valence-electron chi connectivity index (χ4n) is 3.54. The standard InChI is InChI=1S/C24H21F6N3O.C2HF3O2/c1-3-15-7-4-6-14(2)19(15)32-22(34)33-20(16-9-11-17(12-10-16)23(25,26)27)21-18(24(28,29)30)8-5-13-31-21;3-2(4,5)1(6)7/h4-13,20H,3H2,1-2H3,(H2,32,33,34);(H,6,7)/t20-;/m0./s1. The van der Waals surface area contributed by atoms with E-state index in [1.54, 1.807) is 19.1 Å². The van der Waals surface area contributed by atoms with E-state index >= 15 is 0 Å². The van der Waals surface area contributed by atoms with Crippen LogP contribution in [-0.2, 0) is 23.6 Å². The van der Waals surface area contributed by atoms with E-state index in [9.17, 15) is 44.3 Å². The molecule has 2 amide bonds. The van der Waals surface area contributed by atoms with Crippen molar-refractivity contribution in [3.63, 3.8) is 0 Å². The van der Waals surface area contributed by atoms with Crippen molar-refractivity contribution < 1.29 is 54.2 Å². The van der Waals surface area contributed by atoms with E-state index in [2.05, 4.69) is 15.6 Å². The molecule has 1 heterocycles. The minimum atomic E-state index is -5.08. The third kappa shape index (κ3) is 9.11. The zero-order valence-electron chi connectivity index (χ0n) is 21.2. The molecule has 0 radical (unpaired) electrons. The molecule has 1 aromatic heterocycles. The lowest BCUT2D eigenvalue weighted by Crippen LogP contribution is -2.35. The summed E-state index contributed by atoms with van der Waals surface area (Å²) in [5, 5.41) is 12.2. The van der Waals surface area contributed by atoms with Gasteiger partial charge in [-0.1, -0.05) is 37.3 Å². The number of aliphatic carboxylic acids is 1. The molecule has 2 aromatic carbocycles. The molecule has 0 saturated heterocycles. The first-order valence-corrected chi connectivity index (χ1v) is 11.5. The average Bonchev–Trinajstić information content (AvgIpc) is 2.87. The highest BCUT2D eigenvalue weighted by atomic mass is 19.4. The SMILES string of the molecule is CCc1cccc(C)c1NC(=O)N[C@@H](c1ccc(C(F)(F)F)cc1)c1ncccc1C(F)(F)F.O=C(O)C(F)(F)F. The fraction of sp³-hybridized carbons (Fsp3) is 0.269. The van der Waals surface area contributed by atoms with Gasteiger partial charge in [-0.25, -0.2) is 9.59 Å². The van der Waals surface area contributed by atoms with Crippen LogP contribution in [0, 0.1) is 6.92 Å². The van der Waals surface area contributed by atoms with Crippen LogP contribution in [0.3, 0.4) is 0 Å². The Balaban J connectivity index is 0.000000745. The predicted molar refractivity (Wildman–Crippen MR) is 129 cm³/mol. The van der Waals surface area contributed by atoms with Crippen molar-refractivity contribution in [2.45, 2.75) is 44.8 Å². The molecule has 41 heavy (non-hydrogen) atoms. The van der Waals surface area contributed by atoms with Crippen LogP contribution in [0.5, 0.6) is 0 Å². The Morgan fingerprint density at radius 2 is 1.46 bits per heavy atom. The van der Waals surface area contributed by atoms with Crippen LogP contribution in [-0.4, -0.2) is 28.3 Å². The number of nitrogens with one attached hydrogen (secondary N) is 2. The summed E-state index contributed by atoms with van der Waals surface area (Å²) < 4.78 is 112. The van der Waals surface area contributed by atoms with Gasteiger partial charge in [-0.05, 0) is 54.3 Å². The van der Waals surface area contributed by atoms with E-state index in [-0.39, 0.29) is 5.56 Å². The maximum atomic E-state index is 13.7. The number of aryl methyl sites for hydroxylation is 2. The van der Waals surface area contributed by atoms with Crippen LogP contribution in [0.15, 0.2) is 60.8 Å². The van der Waals surface area contributed by atoms with E-state index in [1.165, 1.54) is 0 Å². The number of aromatic nitrogens is 1. The maximum absolute atomic E-state index is 13.7. The number of amides is 2. The van der Waals surface area contributed by atoms with E-state index in [0.29, 0.717) is 12.1 Å². The van der Waals surface area contributed by atoms with Gasteiger partial charge in [0, 0.05) is 11.9 Å². The molecule has 0 fully saturated rings. The Hall–Kier alpha value is -4.30. The van der Waals surface area contributed by atoms with E-state index in [4.69, 9.17) is 9.90 Å². The molecule has 6 nitrogen and oxygen atoms in total. The van der Waals surface area contributed by atoms with Gasteiger partial charge in [0.1, 0.15) is 0 Å². The van der Waals surface area contributed by atoms with Crippen molar-refractivity contribution in [1.82, 2.24) is 10.3 Å². The van der Waals surface area contributed by atoms with Gasteiger partial charge >= 0.3 is 30.5 Å². The van der Waals surface area contributed by atoms with Crippen molar-refractivity contribution in [2.24, 2.45) is 0 Å². The Kier molecular flexibility index (Phi) is 10.4. The number of alkyl halides is 9. The van der Waals surface area contributed by atoms with Crippen molar-refractivity contribution in [2.75, 3.05) is 5.32 Å². The maximum Gasteiger partial charge on any atom is 0.490 e. The molecule has 3 rings (SSSR count). The van der Waals surface area contributed by atoms with Gasteiger partial charge in [0.15, 0.2) is 0 Å². The molecule has 15 heteroatoms. The zero-order chi connectivity index (χ0) is 31.2. The Bertz CT molecular complexity index is 1350. The second kappa shape index (κ2) is 12.9. The molecular weight excluding hydrogens is 573 g/mol. The molecule has 0 aliphatic rings. The molecule has 3 aromatic rings. The number of anilines is 1. The number of para-hydroxylation sites is 1. The van der Waals surface area contributed by atoms with E-state index in [0.717, 1.165) is 53.7 Å². The summed E-state index contributed by atoms with van der Waals surface area (Å²) >= 11 is 0. The van der Waals surface area contributed by atoms with Gasteiger partial charge in [0.2, 0.25) is 0 Å². The van der Waals surface area contributed by atoms with Crippen LogP contribution < -0.4 is 10.6 Å². The summed E-state index contributed by atoms with van der Waals surface area (Å²) in [7, 11) is 0. The number of carboxylic acids is 1. The van der Waals surface area contributed by atoms with Gasteiger partial charge in [-0.3, -0.25) is 4.98 Å². The van der Waals surface area contributed by atoms with Crippen LogP contribution >= 0.6 is 0 Å². The molecule has 0 saturated carbocycles. The second-order valence-corrected chi connectivity index (χ2v) is 8.35. The second-order valence-electron chi connectivity index (χ2n) is 8.35. The summed E-state index contributed by atoms with van der Waals surface area (Å²) in [4.78, 5) is 25.6. The van der Waals surface area contributed by atoms with Crippen LogP contribution in [0.25, 0.3) is 0 Å². The number of benzene rings is 2. The number of rotatable bonds is 5. The lowest BCUT2D eigenvalue weighted by atomic mass is 9.98. The van der Waals surface area contributed by atoms with Gasteiger partial charge in [0.25, 0.3) is 0 Å². The number of nitrogens with zero attached hydrogens (tertiary/aromatic N) is 1. The number of hydrogen-bond donors (Lipinski definition) is 3. The van der Waals surface area contributed by atoms with E-state index in [1.807, 2.05) is 13.0 Å². The molecule has 0 unspecified atom stereocenters. The van der Waals surface area contributed by atoms with Gasteiger partial charge in [-0.2, -0.15) is 39.5 Å². The summed E-state index contributed by atoms with van der Waals surface area (Å²) in [5.41, 5.74) is -0.539. The van der Waals surface area contributed by atoms with E-state index < -0.39 is 53.4 Å². The highest BCUT2D eigenvalue weighted by Crippen LogP contribution is 2.36. The van der Waals surface area contributed by atoms with Gasteiger partial charge in [-0.15, -0.1) is 0 Å². The number of pyridine rings is 1. The Morgan fingerprint density at radius 3 is 1.95 bits per heavy atom. The zero-order valence-corrected chi connectivity index (χ0v) is 21.2. The third-order valence-electron chi connectivity index (χ3n) is 5.49. The first-order valence-electron chi connectivity index (χ1n) is 11.5. The van der Waals surface area contributed by atoms with Crippen LogP contribution in [0.1, 0.15) is 46.5 Å². The number of carboxylic acid groups (broad SMARTS) is 1. The average molecular weight is 595 g/mol. The largest absolute Gasteiger partial charge is 0.490 e. The summed E-state index contributed by atoms with van der Waals surface area (Å²) in [6.45, 7) is 3.65. The molecule has 0 bridgehead atoms. The lowest BCUT2D eigenvalue weighted by Gasteiger charge is -2.23. The number of urea groups is 1. The van der Waals surface area contributed by atoms with Gasteiger partial charge in [0.05, 0.1) is 22.9 Å². The molecule has 222 valence electrons. The monoisotopic (exact) mass is 595 g/mol. The summed E-state index contributed by atoms with van der Waals surface area (Å²) in [6, 6.07) is 8.52. The lowest BCUT2D eigenvalue weighted by molar-refractivity contribution is -0.192. The number of carbonyl (C=O) groups excluding carboxylic acids is 1. The highest BCUT2D eigenvalue weighted by Gasteiger charge is 2.39. The summed E-state index contributed by atoms with van der Waals surface area (Å²) in [6.07, 6.45) is -12.8. The van der Waals surface area contributed by atoms with Crippen LogP contribution in [0.4, 0.5) is 50.0 Å². The molecule has 0 aliphatic carbocycles. The molecule has 0 spiro atoms. The van der Waals surface area contributed by atoms with Crippen molar-refractivity contribution in [3.8, 4) is 0 Å². The predicted octanol–water partition coefficient (Wildman–Crippen LogP) is 7.53. The number of carbonyl (C=O) groups is 2. The van der Waals surface area contributed by atoms with Crippen LogP contribution in [0.2, 0.25) is 0 Å². The molecule has 0 aliphatic heterocycles. The Morgan fingerprint density at radius 1 is 0.878 bits per heavy atom. The molecule has 1 atom stereocenters. The normalized spacial score (nSPS) is 12.6.